The fraction of sp³-hybridized carbons (Fsp3) is 0.571. The van der Waals surface area contributed by atoms with Crippen LogP contribution in [0, 0.1) is 5.92 Å². The van der Waals surface area contributed by atoms with Gasteiger partial charge in [-0.3, -0.25) is 14.5 Å². The average molecular weight is 268 g/mol. The SMILES string of the molecule is C=CCN(CC=C)C(=O)CN(CC(=O)O)CC(C)C. The second-order valence-corrected chi connectivity index (χ2v) is 4.83. The topological polar surface area (TPSA) is 60.9 Å². The molecule has 0 aliphatic heterocycles. The average Bonchev–Trinajstić information content (AvgIpc) is 2.26. The van der Waals surface area contributed by atoms with Crippen LogP contribution in [-0.2, 0) is 9.59 Å². The number of carbonyl (C=O) groups excluding carboxylic acids is 1. The van der Waals surface area contributed by atoms with Gasteiger partial charge in [-0.05, 0) is 5.92 Å². The van der Waals surface area contributed by atoms with Crippen molar-refractivity contribution in [3.05, 3.63) is 25.3 Å². The number of aliphatic carboxylic acids is 1. The molecule has 0 unspecified atom stereocenters. The number of amides is 1. The van der Waals surface area contributed by atoms with Crippen molar-refractivity contribution in [3.8, 4) is 0 Å². The molecule has 19 heavy (non-hydrogen) atoms. The highest BCUT2D eigenvalue weighted by molar-refractivity contribution is 5.79. The van der Waals surface area contributed by atoms with Crippen molar-refractivity contribution < 1.29 is 14.7 Å². The van der Waals surface area contributed by atoms with Crippen LogP contribution in [0.15, 0.2) is 25.3 Å². The van der Waals surface area contributed by atoms with Crippen molar-refractivity contribution in [2.45, 2.75) is 13.8 Å². The van der Waals surface area contributed by atoms with Crippen LogP contribution < -0.4 is 0 Å². The monoisotopic (exact) mass is 268 g/mol. The van der Waals surface area contributed by atoms with E-state index in [2.05, 4.69) is 13.2 Å². The molecule has 0 bridgehead atoms. The highest BCUT2D eigenvalue weighted by Crippen LogP contribution is 2.01. The van der Waals surface area contributed by atoms with E-state index >= 15 is 0 Å². The summed E-state index contributed by atoms with van der Waals surface area (Å²) in [5.74, 6) is -0.728. The third kappa shape index (κ3) is 8.15. The molecule has 0 radical (unpaired) electrons. The van der Waals surface area contributed by atoms with Gasteiger partial charge >= 0.3 is 5.97 Å². The second-order valence-electron chi connectivity index (χ2n) is 4.83. The normalized spacial score (nSPS) is 10.5. The quantitative estimate of drug-likeness (QED) is 0.605. The molecule has 5 nitrogen and oxygen atoms in total. The predicted octanol–water partition coefficient (Wildman–Crippen LogP) is 1.23. The summed E-state index contributed by atoms with van der Waals surface area (Å²) in [4.78, 5) is 26.1. The van der Waals surface area contributed by atoms with Crippen LogP contribution in [0.2, 0.25) is 0 Å². The highest BCUT2D eigenvalue weighted by atomic mass is 16.4. The van der Waals surface area contributed by atoms with E-state index in [-0.39, 0.29) is 19.0 Å². The van der Waals surface area contributed by atoms with Gasteiger partial charge in [-0.15, -0.1) is 13.2 Å². The fourth-order valence-corrected chi connectivity index (χ4v) is 1.77. The first kappa shape index (κ1) is 17.4. The molecule has 0 rings (SSSR count). The van der Waals surface area contributed by atoms with Crippen molar-refractivity contribution in [3.63, 3.8) is 0 Å². The molecule has 1 amide bonds. The number of carboxylic acids is 1. The zero-order valence-electron chi connectivity index (χ0n) is 11.8. The van der Waals surface area contributed by atoms with E-state index in [0.29, 0.717) is 25.6 Å². The van der Waals surface area contributed by atoms with Gasteiger partial charge < -0.3 is 10.0 Å². The van der Waals surface area contributed by atoms with Gasteiger partial charge in [0.2, 0.25) is 5.91 Å². The fourth-order valence-electron chi connectivity index (χ4n) is 1.77. The van der Waals surface area contributed by atoms with Gasteiger partial charge in [0, 0.05) is 19.6 Å². The number of carbonyl (C=O) groups is 2. The van der Waals surface area contributed by atoms with Crippen LogP contribution >= 0.6 is 0 Å². The minimum atomic E-state index is -0.924. The largest absolute Gasteiger partial charge is 0.480 e. The molecule has 0 aromatic heterocycles. The standard InChI is InChI=1S/C14H24N2O3/c1-5-7-16(8-6-2)13(17)10-15(9-12(3)4)11-14(18)19/h5-6,12H,1-2,7-11H2,3-4H3,(H,18,19). The smallest absolute Gasteiger partial charge is 0.317 e. The summed E-state index contributed by atoms with van der Waals surface area (Å²) in [5, 5.41) is 8.86. The second kappa shape index (κ2) is 9.33. The number of hydrogen-bond acceptors (Lipinski definition) is 3. The maximum absolute atomic E-state index is 12.1. The first-order valence-electron chi connectivity index (χ1n) is 6.34. The molecule has 0 aliphatic rings. The summed E-state index contributed by atoms with van der Waals surface area (Å²) in [6.45, 7) is 12.6. The zero-order chi connectivity index (χ0) is 14.8. The van der Waals surface area contributed by atoms with Gasteiger partial charge in [-0.1, -0.05) is 26.0 Å². The first-order chi connectivity index (χ1) is 8.90. The Labute approximate surface area is 115 Å². The molecule has 0 saturated carbocycles. The van der Waals surface area contributed by atoms with Crippen LogP contribution in [0.25, 0.3) is 0 Å². The molecule has 5 heteroatoms. The highest BCUT2D eigenvalue weighted by Gasteiger charge is 2.18. The van der Waals surface area contributed by atoms with E-state index < -0.39 is 5.97 Å². The molecule has 0 spiro atoms. The summed E-state index contributed by atoms with van der Waals surface area (Å²) in [5.41, 5.74) is 0. The van der Waals surface area contributed by atoms with Gasteiger partial charge in [0.05, 0.1) is 13.1 Å². The summed E-state index contributed by atoms with van der Waals surface area (Å²) in [6.07, 6.45) is 3.29. The lowest BCUT2D eigenvalue weighted by atomic mass is 10.2. The Balaban J connectivity index is 4.59. The third-order valence-electron chi connectivity index (χ3n) is 2.39. The number of hydrogen-bond donors (Lipinski definition) is 1. The van der Waals surface area contributed by atoms with Crippen LogP contribution in [0.5, 0.6) is 0 Å². The van der Waals surface area contributed by atoms with Crippen LogP contribution in [0.4, 0.5) is 0 Å². The Bertz CT molecular complexity index is 317. The molecule has 108 valence electrons. The Morgan fingerprint density at radius 1 is 1.16 bits per heavy atom. The molecular weight excluding hydrogens is 244 g/mol. The van der Waals surface area contributed by atoms with E-state index in [1.807, 2.05) is 13.8 Å². The van der Waals surface area contributed by atoms with Gasteiger partial charge in [-0.2, -0.15) is 0 Å². The Hall–Kier alpha value is -1.62. The van der Waals surface area contributed by atoms with E-state index in [9.17, 15) is 9.59 Å². The van der Waals surface area contributed by atoms with Crippen molar-refractivity contribution in [2.24, 2.45) is 5.92 Å². The van der Waals surface area contributed by atoms with Crippen molar-refractivity contribution in [1.82, 2.24) is 9.80 Å². The molecule has 0 fully saturated rings. The van der Waals surface area contributed by atoms with E-state index in [1.54, 1.807) is 22.0 Å². The van der Waals surface area contributed by atoms with Gasteiger partial charge in [0.15, 0.2) is 0 Å². The lowest BCUT2D eigenvalue weighted by Crippen LogP contribution is -2.43. The lowest BCUT2D eigenvalue weighted by Gasteiger charge is -2.26. The molecule has 0 heterocycles. The predicted molar refractivity (Wildman–Crippen MR) is 75.9 cm³/mol. The van der Waals surface area contributed by atoms with Gasteiger partial charge in [0.25, 0.3) is 0 Å². The maximum Gasteiger partial charge on any atom is 0.317 e. The summed E-state index contributed by atoms with van der Waals surface area (Å²) in [7, 11) is 0. The van der Waals surface area contributed by atoms with E-state index in [0.717, 1.165) is 0 Å². The van der Waals surface area contributed by atoms with Gasteiger partial charge in [0.1, 0.15) is 0 Å². The molecule has 0 aromatic rings. The molecule has 0 saturated heterocycles. The van der Waals surface area contributed by atoms with Crippen molar-refractivity contribution in [2.75, 3.05) is 32.7 Å². The van der Waals surface area contributed by atoms with E-state index in [1.165, 1.54) is 0 Å². The van der Waals surface area contributed by atoms with Gasteiger partial charge in [-0.25, -0.2) is 0 Å². The van der Waals surface area contributed by atoms with Crippen molar-refractivity contribution >= 4 is 11.9 Å². The molecular formula is C14H24N2O3. The zero-order valence-corrected chi connectivity index (χ0v) is 11.8. The number of carboxylic acid groups (broad SMARTS) is 1. The Morgan fingerprint density at radius 3 is 2.05 bits per heavy atom. The Morgan fingerprint density at radius 2 is 1.68 bits per heavy atom. The van der Waals surface area contributed by atoms with Crippen LogP contribution in [0.3, 0.4) is 0 Å². The lowest BCUT2D eigenvalue weighted by molar-refractivity contribution is -0.139. The molecule has 0 aromatic carbocycles. The molecule has 0 atom stereocenters. The third-order valence-corrected chi connectivity index (χ3v) is 2.39. The van der Waals surface area contributed by atoms with E-state index in [4.69, 9.17) is 5.11 Å². The van der Waals surface area contributed by atoms with Crippen LogP contribution in [0.1, 0.15) is 13.8 Å². The number of rotatable bonds is 10. The number of nitrogens with zero attached hydrogens (tertiary/aromatic N) is 2. The molecule has 0 aliphatic carbocycles. The Kier molecular flexibility index (Phi) is 8.53. The minimum absolute atomic E-state index is 0.103. The summed E-state index contributed by atoms with van der Waals surface area (Å²) >= 11 is 0. The maximum atomic E-state index is 12.1. The summed E-state index contributed by atoms with van der Waals surface area (Å²) in [6, 6.07) is 0. The van der Waals surface area contributed by atoms with Crippen molar-refractivity contribution in [1.29, 1.82) is 0 Å². The molecule has 1 N–H and O–H groups in total. The van der Waals surface area contributed by atoms with Crippen LogP contribution in [-0.4, -0.2) is 59.5 Å². The minimum Gasteiger partial charge on any atom is -0.480 e. The first-order valence-corrected chi connectivity index (χ1v) is 6.34. The summed E-state index contributed by atoms with van der Waals surface area (Å²) < 4.78 is 0.